The number of hydrogen-bond acceptors (Lipinski definition) is 5. The van der Waals surface area contributed by atoms with E-state index in [0.717, 1.165) is 0 Å². The molecule has 1 heterocycles. The van der Waals surface area contributed by atoms with E-state index in [1.165, 1.54) is 17.9 Å². The third-order valence-corrected chi connectivity index (χ3v) is 3.97. The molecule has 0 saturated carbocycles. The molecule has 1 aromatic heterocycles. The minimum absolute atomic E-state index is 0.245. The van der Waals surface area contributed by atoms with E-state index in [9.17, 15) is 14.4 Å². The van der Waals surface area contributed by atoms with Crippen LogP contribution in [-0.2, 0) is 9.53 Å². The van der Waals surface area contributed by atoms with Gasteiger partial charge in [0.1, 0.15) is 11.1 Å². The molecule has 0 aliphatic heterocycles. The Morgan fingerprint density at radius 2 is 1.69 bits per heavy atom. The van der Waals surface area contributed by atoms with Gasteiger partial charge < -0.3 is 14.1 Å². The van der Waals surface area contributed by atoms with Gasteiger partial charge in [-0.3, -0.25) is 4.79 Å². The molecule has 0 spiro atoms. The largest absolute Gasteiger partial charge is 0.449 e. The van der Waals surface area contributed by atoms with Crippen LogP contribution in [0, 0.1) is 0 Å². The zero-order valence-electron chi connectivity index (χ0n) is 14.3. The van der Waals surface area contributed by atoms with Crippen molar-refractivity contribution in [2.45, 2.75) is 13.0 Å². The Balaban J connectivity index is 1.78. The summed E-state index contributed by atoms with van der Waals surface area (Å²) in [6.07, 6.45) is -1.06. The lowest BCUT2D eigenvalue weighted by atomic mass is 10.2. The van der Waals surface area contributed by atoms with Crippen LogP contribution in [0.4, 0.5) is 5.69 Å². The van der Waals surface area contributed by atoms with E-state index in [1.54, 1.807) is 55.6 Å². The number of hydrogen-bond donors (Lipinski definition) is 0. The summed E-state index contributed by atoms with van der Waals surface area (Å²) in [5.41, 5.74) is 0.00285. The number of carbonyl (C=O) groups excluding carboxylic acids is 2. The van der Waals surface area contributed by atoms with Crippen molar-refractivity contribution >= 4 is 28.5 Å². The number of para-hydroxylation sites is 2. The first-order chi connectivity index (χ1) is 12.5. The Labute approximate surface area is 149 Å². The molecule has 3 rings (SSSR count). The fourth-order valence-corrected chi connectivity index (χ4v) is 2.53. The number of likely N-dealkylation sites (N-methyl/N-ethyl adjacent to an activating group) is 1. The van der Waals surface area contributed by atoms with Gasteiger partial charge in [-0.05, 0) is 31.2 Å². The summed E-state index contributed by atoms with van der Waals surface area (Å²) in [6.45, 7) is 1.46. The number of carbonyl (C=O) groups is 2. The molecule has 0 radical (unpaired) electrons. The van der Waals surface area contributed by atoms with Gasteiger partial charge in [0.05, 0.1) is 0 Å². The summed E-state index contributed by atoms with van der Waals surface area (Å²) in [6, 6.07) is 17.2. The Morgan fingerprint density at radius 3 is 2.42 bits per heavy atom. The summed E-state index contributed by atoms with van der Waals surface area (Å²) >= 11 is 0. The second-order valence-electron chi connectivity index (χ2n) is 5.77. The number of anilines is 1. The van der Waals surface area contributed by atoms with Crippen LogP contribution in [0.15, 0.2) is 69.9 Å². The second-order valence-corrected chi connectivity index (χ2v) is 5.77. The second kappa shape index (κ2) is 7.23. The molecule has 0 fully saturated rings. The standard InChI is InChI=1S/C20H17NO5/c1-13(18(22)21(2)15-9-4-3-5-10-15)25-19(23)16-12-14-8-6-7-11-17(14)26-20(16)24/h3-13H,1-2H3/t13-/m0/s1. The highest BCUT2D eigenvalue weighted by Gasteiger charge is 2.25. The van der Waals surface area contributed by atoms with Crippen molar-refractivity contribution in [3.8, 4) is 0 Å². The molecular weight excluding hydrogens is 334 g/mol. The van der Waals surface area contributed by atoms with Crippen LogP contribution in [0.25, 0.3) is 11.0 Å². The van der Waals surface area contributed by atoms with E-state index in [0.29, 0.717) is 16.7 Å². The van der Waals surface area contributed by atoms with Crippen molar-refractivity contribution in [2.75, 3.05) is 11.9 Å². The number of esters is 1. The van der Waals surface area contributed by atoms with Crippen molar-refractivity contribution in [3.05, 3.63) is 76.6 Å². The van der Waals surface area contributed by atoms with Crippen LogP contribution in [0.5, 0.6) is 0 Å². The van der Waals surface area contributed by atoms with E-state index in [2.05, 4.69) is 0 Å². The molecule has 2 aromatic carbocycles. The number of ether oxygens (including phenoxy) is 1. The van der Waals surface area contributed by atoms with E-state index >= 15 is 0 Å². The van der Waals surface area contributed by atoms with Crippen LogP contribution in [0.1, 0.15) is 17.3 Å². The fraction of sp³-hybridized carbons (Fsp3) is 0.150. The number of benzene rings is 2. The Hall–Kier alpha value is -3.41. The van der Waals surface area contributed by atoms with Gasteiger partial charge in [-0.1, -0.05) is 36.4 Å². The Kier molecular flexibility index (Phi) is 4.84. The molecule has 1 amide bonds. The lowest BCUT2D eigenvalue weighted by Gasteiger charge is -2.21. The van der Waals surface area contributed by atoms with E-state index in [-0.39, 0.29) is 5.56 Å². The quantitative estimate of drug-likeness (QED) is 0.533. The Morgan fingerprint density at radius 1 is 1.04 bits per heavy atom. The van der Waals surface area contributed by atoms with Gasteiger partial charge in [0.25, 0.3) is 5.91 Å². The van der Waals surface area contributed by atoms with Crippen LogP contribution in [0.2, 0.25) is 0 Å². The number of nitrogens with zero attached hydrogens (tertiary/aromatic N) is 1. The van der Waals surface area contributed by atoms with Crippen molar-refractivity contribution in [3.63, 3.8) is 0 Å². The van der Waals surface area contributed by atoms with Crippen molar-refractivity contribution in [2.24, 2.45) is 0 Å². The topological polar surface area (TPSA) is 76.8 Å². The van der Waals surface area contributed by atoms with Gasteiger partial charge in [-0.2, -0.15) is 0 Å². The molecule has 132 valence electrons. The van der Waals surface area contributed by atoms with Crippen molar-refractivity contribution in [1.82, 2.24) is 0 Å². The maximum Gasteiger partial charge on any atom is 0.351 e. The fourth-order valence-electron chi connectivity index (χ4n) is 2.53. The number of fused-ring (bicyclic) bond motifs is 1. The highest BCUT2D eigenvalue weighted by atomic mass is 16.5. The molecule has 26 heavy (non-hydrogen) atoms. The first-order valence-electron chi connectivity index (χ1n) is 8.04. The first kappa shape index (κ1) is 17.4. The molecule has 0 aliphatic carbocycles. The smallest absolute Gasteiger partial charge is 0.351 e. The zero-order chi connectivity index (χ0) is 18.7. The summed E-state index contributed by atoms with van der Waals surface area (Å²) in [7, 11) is 1.59. The normalized spacial score (nSPS) is 11.8. The third kappa shape index (κ3) is 3.49. The minimum atomic E-state index is -1.06. The summed E-state index contributed by atoms with van der Waals surface area (Å²) in [5.74, 6) is -1.30. The average Bonchev–Trinajstić information content (AvgIpc) is 2.66. The van der Waals surface area contributed by atoms with Crippen LogP contribution in [0.3, 0.4) is 0 Å². The molecule has 6 heteroatoms. The van der Waals surface area contributed by atoms with Gasteiger partial charge in [-0.15, -0.1) is 0 Å². The highest BCUT2D eigenvalue weighted by molar-refractivity contribution is 5.99. The minimum Gasteiger partial charge on any atom is -0.449 e. The molecule has 0 unspecified atom stereocenters. The zero-order valence-corrected chi connectivity index (χ0v) is 14.3. The van der Waals surface area contributed by atoms with Crippen molar-refractivity contribution in [1.29, 1.82) is 0 Å². The molecule has 6 nitrogen and oxygen atoms in total. The maximum atomic E-state index is 12.5. The molecular formula is C20H17NO5. The third-order valence-electron chi connectivity index (χ3n) is 3.97. The predicted octanol–water partition coefficient (Wildman–Crippen LogP) is 3.00. The number of amides is 1. The van der Waals surface area contributed by atoms with E-state index in [4.69, 9.17) is 9.15 Å². The Bertz CT molecular complexity index is 1010. The van der Waals surface area contributed by atoms with Crippen LogP contribution >= 0.6 is 0 Å². The molecule has 3 aromatic rings. The molecule has 0 aliphatic rings. The molecule has 1 atom stereocenters. The lowest BCUT2D eigenvalue weighted by Crippen LogP contribution is -2.38. The number of rotatable bonds is 4. The first-order valence-corrected chi connectivity index (χ1v) is 8.04. The summed E-state index contributed by atoms with van der Waals surface area (Å²) in [5, 5.41) is 0.597. The van der Waals surface area contributed by atoms with E-state index < -0.39 is 23.6 Å². The van der Waals surface area contributed by atoms with E-state index in [1.807, 2.05) is 6.07 Å². The average molecular weight is 351 g/mol. The monoisotopic (exact) mass is 351 g/mol. The van der Waals surface area contributed by atoms with Gasteiger partial charge >= 0.3 is 11.6 Å². The molecule has 0 N–H and O–H groups in total. The van der Waals surface area contributed by atoms with Gasteiger partial charge in [0, 0.05) is 18.1 Å². The molecule has 0 saturated heterocycles. The summed E-state index contributed by atoms with van der Waals surface area (Å²) in [4.78, 5) is 38.2. The van der Waals surface area contributed by atoms with Crippen molar-refractivity contribution < 1.29 is 18.7 Å². The predicted molar refractivity (Wildman–Crippen MR) is 97.2 cm³/mol. The molecule has 0 bridgehead atoms. The van der Waals surface area contributed by atoms with Gasteiger partial charge in [0.2, 0.25) is 0 Å². The highest BCUT2D eigenvalue weighted by Crippen LogP contribution is 2.16. The van der Waals surface area contributed by atoms with Crippen LogP contribution in [-0.4, -0.2) is 25.0 Å². The summed E-state index contributed by atoms with van der Waals surface area (Å²) < 4.78 is 10.3. The SMILES string of the molecule is C[C@H](OC(=O)c1cc2ccccc2oc1=O)C(=O)N(C)c1ccccc1. The maximum absolute atomic E-state index is 12.5. The van der Waals surface area contributed by atoms with Crippen LogP contribution < -0.4 is 10.5 Å². The lowest BCUT2D eigenvalue weighted by molar-refractivity contribution is -0.126. The van der Waals surface area contributed by atoms with Gasteiger partial charge in [-0.25, -0.2) is 9.59 Å². The van der Waals surface area contributed by atoms with Gasteiger partial charge in [0.15, 0.2) is 6.10 Å².